The Morgan fingerprint density at radius 3 is 1.38 bits per heavy atom. The van der Waals surface area contributed by atoms with Crippen LogP contribution in [0.4, 0.5) is 0 Å². The summed E-state index contributed by atoms with van der Waals surface area (Å²) < 4.78 is 1.93. The highest BCUT2D eigenvalue weighted by molar-refractivity contribution is 7.19. The average molecular weight is 379 g/mol. The zero-order valence-electron chi connectivity index (χ0n) is 15.1. The third-order valence-corrected chi connectivity index (χ3v) is 6.87. The Bertz CT molecular complexity index is 1210. The van der Waals surface area contributed by atoms with Crippen molar-refractivity contribution in [1.82, 2.24) is 0 Å². The summed E-state index contributed by atoms with van der Waals surface area (Å²) in [4.78, 5) is 28.4. The van der Waals surface area contributed by atoms with Gasteiger partial charge in [0.25, 0.3) is 0 Å². The molecule has 0 fully saturated rings. The van der Waals surface area contributed by atoms with E-state index in [1.807, 2.05) is 64.1 Å². The number of hydrogen-bond donors (Lipinski definition) is 0. The molecule has 0 spiro atoms. The highest BCUT2D eigenvalue weighted by Gasteiger charge is 2.19. The minimum Gasteiger partial charge on any atom is -0.288 e. The summed E-state index contributed by atoms with van der Waals surface area (Å²) in [5.41, 5.74) is 3.14. The number of aryl methyl sites for hydroxylation is 4. The van der Waals surface area contributed by atoms with Crippen LogP contribution in [0.5, 0.6) is 0 Å². The SMILES string of the molecule is Cc1ccc2sc(C)c(-c3c(C)sc4ccc(C)cc4c3=O)c(=O)c2c1. The predicted octanol–water partition coefficient (Wildman–Crippen LogP) is 5.74. The average Bonchev–Trinajstić information content (AvgIpc) is 2.59. The molecule has 0 aliphatic carbocycles. The Morgan fingerprint density at radius 2 is 1.00 bits per heavy atom. The summed E-state index contributed by atoms with van der Waals surface area (Å²) in [6.45, 7) is 7.83. The molecule has 2 aromatic heterocycles. The fourth-order valence-corrected chi connectivity index (χ4v) is 5.47. The zero-order chi connectivity index (χ0) is 18.6. The maximum absolute atomic E-state index is 13.3. The van der Waals surface area contributed by atoms with Gasteiger partial charge in [0.15, 0.2) is 10.9 Å². The normalized spacial score (nSPS) is 11.4. The van der Waals surface area contributed by atoms with Crippen LogP contribution in [0.1, 0.15) is 20.9 Å². The minimum atomic E-state index is -0.0423. The van der Waals surface area contributed by atoms with Gasteiger partial charge in [-0.2, -0.15) is 0 Å². The molecule has 0 atom stereocenters. The van der Waals surface area contributed by atoms with Gasteiger partial charge in [-0.15, -0.1) is 22.7 Å². The van der Waals surface area contributed by atoms with Gasteiger partial charge in [0.05, 0.1) is 0 Å². The molecule has 4 heteroatoms. The van der Waals surface area contributed by atoms with E-state index in [-0.39, 0.29) is 10.9 Å². The molecule has 4 aromatic rings. The Balaban J connectivity index is 2.17. The lowest BCUT2D eigenvalue weighted by Gasteiger charge is -2.11. The smallest absolute Gasteiger partial charge is 0.196 e. The van der Waals surface area contributed by atoms with Gasteiger partial charge in [0.1, 0.15) is 0 Å². The Labute approximate surface area is 159 Å². The molecule has 0 radical (unpaired) electrons. The third kappa shape index (κ3) is 2.61. The Morgan fingerprint density at radius 1 is 0.615 bits per heavy atom. The molecule has 0 bridgehead atoms. The van der Waals surface area contributed by atoms with E-state index in [0.717, 1.165) is 30.3 Å². The second-order valence-corrected chi connectivity index (χ2v) is 9.24. The van der Waals surface area contributed by atoms with E-state index in [4.69, 9.17) is 0 Å². The number of hydrogen-bond acceptors (Lipinski definition) is 4. The fourth-order valence-electron chi connectivity index (χ4n) is 3.42. The summed E-state index contributed by atoms with van der Waals surface area (Å²) in [5.74, 6) is 0. The first kappa shape index (κ1) is 17.1. The van der Waals surface area contributed by atoms with Crippen molar-refractivity contribution in [3.05, 3.63) is 77.7 Å². The zero-order valence-corrected chi connectivity index (χ0v) is 16.7. The summed E-state index contributed by atoms with van der Waals surface area (Å²) in [6, 6.07) is 11.9. The van der Waals surface area contributed by atoms with Crippen molar-refractivity contribution >= 4 is 42.8 Å². The van der Waals surface area contributed by atoms with Gasteiger partial charge in [-0.05, 0) is 52.0 Å². The molecule has 0 unspecified atom stereocenters. The van der Waals surface area contributed by atoms with E-state index in [9.17, 15) is 9.59 Å². The highest BCUT2D eigenvalue weighted by Crippen LogP contribution is 2.32. The number of benzene rings is 2. The highest BCUT2D eigenvalue weighted by atomic mass is 32.1. The maximum Gasteiger partial charge on any atom is 0.196 e. The minimum absolute atomic E-state index is 0.0423. The second-order valence-electron chi connectivity index (χ2n) is 6.72. The molecule has 2 nitrogen and oxygen atoms in total. The van der Waals surface area contributed by atoms with Gasteiger partial charge in [-0.25, -0.2) is 0 Å². The van der Waals surface area contributed by atoms with Crippen molar-refractivity contribution in [3.8, 4) is 11.1 Å². The van der Waals surface area contributed by atoms with Crippen molar-refractivity contribution in [3.63, 3.8) is 0 Å². The fraction of sp³-hybridized carbons (Fsp3) is 0.182. The molecular weight excluding hydrogens is 360 g/mol. The standard InChI is InChI=1S/C22H18O2S2/c1-11-5-7-17-15(9-11)21(23)19(13(3)25-17)20-14(4)26-18-8-6-12(2)10-16(18)22(20)24/h5-10H,1-4H3. The van der Waals surface area contributed by atoms with Crippen LogP contribution in [-0.4, -0.2) is 0 Å². The summed E-state index contributed by atoms with van der Waals surface area (Å²) in [7, 11) is 0. The molecule has 26 heavy (non-hydrogen) atoms. The molecule has 0 aliphatic rings. The van der Waals surface area contributed by atoms with E-state index >= 15 is 0 Å². The van der Waals surface area contributed by atoms with E-state index in [1.54, 1.807) is 22.7 Å². The molecule has 0 saturated carbocycles. The maximum atomic E-state index is 13.3. The molecule has 0 saturated heterocycles. The molecular formula is C22H18O2S2. The van der Waals surface area contributed by atoms with Crippen LogP contribution in [0, 0.1) is 27.7 Å². The van der Waals surface area contributed by atoms with Gasteiger partial charge in [-0.3, -0.25) is 9.59 Å². The largest absolute Gasteiger partial charge is 0.288 e. The lowest BCUT2D eigenvalue weighted by molar-refractivity contribution is 1.45. The van der Waals surface area contributed by atoms with E-state index in [2.05, 4.69) is 0 Å². The molecule has 0 aliphatic heterocycles. The molecule has 130 valence electrons. The van der Waals surface area contributed by atoms with E-state index in [1.165, 1.54) is 0 Å². The molecule has 0 N–H and O–H groups in total. The van der Waals surface area contributed by atoms with Crippen molar-refractivity contribution < 1.29 is 0 Å². The topological polar surface area (TPSA) is 34.1 Å². The quantitative estimate of drug-likeness (QED) is 0.423. The van der Waals surface area contributed by atoms with Crippen LogP contribution < -0.4 is 10.9 Å². The number of rotatable bonds is 1. The van der Waals surface area contributed by atoms with Crippen molar-refractivity contribution in [1.29, 1.82) is 0 Å². The van der Waals surface area contributed by atoms with Crippen LogP contribution in [0.15, 0.2) is 46.0 Å². The van der Waals surface area contributed by atoms with Gasteiger partial charge in [0.2, 0.25) is 0 Å². The van der Waals surface area contributed by atoms with Crippen LogP contribution in [-0.2, 0) is 0 Å². The summed E-state index contributed by atoms with van der Waals surface area (Å²) >= 11 is 3.16. The molecule has 2 aromatic carbocycles. The van der Waals surface area contributed by atoms with Crippen LogP contribution in [0.25, 0.3) is 31.3 Å². The van der Waals surface area contributed by atoms with Crippen LogP contribution in [0.2, 0.25) is 0 Å². The second kappa shape index (κ2) is 6.15. The van der Waals surface area contributed by atoms with Crippen LogP contribution in [0.3, 0.4) is 0 Å². The van der Waals surface area contributed by atoms with Crippen LogP contribution >= 0.6 is 22.7 Å². The van der Waals surface area contributed by atoms with Crippen molar-refractivity contribution in [2.24, 2.45) is 0 Å². The van der Waals surface area contributed by atoms with Crippen molar-refractivity contribution in [2.45, 2.75) is 27.7 Å². The Hall–Kier alpha value is -2.30. The van der Waals surface area contributed by atoms with Gasteiger partial charge < -0.3 is 0 Å². The lowest BCUT2D eigenvalue weighted by atomic mass is 10.0. The third-order valence-electron chi connectivity index (χ3n) is 4.69. The number of fused-ring (bicyclic) bond motifs is 2. The molecule has 2 heterocycles. The molecule has 4 rings (SSSR count). The van der Waals surface area contributed by atoms with Gasteiger partial charge in [0, 0.05) is 41.1 Å². The summed E-state index contributed by atoms with van der Waals surface area (Å²) in [6.07, 6.45) is 0. The van der Waals surface area contributed by atoms with Gasteiger partial charge in [-0.1, -0.05) is 23.3 Å². The lowest BCUT2D eigenvalue weighted by Crippen LogP contribution is -2.15. The molecule has 0 amide bonds. The monoisotopic (exact) mass is 378 g/mol. The van der Waals surface area contributed by atoms with E-state index in [0.29, 0.717) is 21.9 Å². The van der Waals surface area contributed by atoms with E-state index < -0.39 is 0 Å². The van der Waals surface area contributed by atoms with Crippen molar-refractivity contribution in [2.75, 3.05) is 0 Å². The first-order chi connectivity index (χ1) is 12.4. The predicted molar refractivity (Wildman–Crippen MR) is 114 cm³/mol. The Kier molecular flexibility index (Phi) is 4.05. The first-order valence-corrected chi connectivity index (χ1v) is 10.1. The first-order valence-electron chi connectivity index (χ1n) is 8.45. The summed E-state index contributed by atoms with van der Waals surface area (Å²) in [5, 5.41) is 1.40. The van der Waals surface area contributed by atoms with Gasteiger partial charge >= 0.3 is 0 Å².